The fourth-order valence-corrected chi connectivity index (χ4v) is 7.75. The van der Waals surface area contributed by atoms with E-state index < -0.39 is 61.5 Å². The van der Waals surface area contributed by atoms with Crippen molar-refractivity contribution in [2.75, 3.05) is 13.2 Å². The van der Waals surface area contributed by atoms with Crippen LogP contribution >= 0.6 is 0 Å². The number of allylic oxidation sites excluding steroid dienone is 2. The first-order chi connectivity index (χ1) is 27.8. The third-order valence-electron chi connectivity index (χ3n) is 11.7. The summed E-state index contributed by atoms with van der Waals surface area (Å²) in [6, 6.07) is -0.893. The number of aliphatic hydroxyl groups excluding tert-OH is 6. The van der Waals surface area contributed by atoms with Gasteiger partial charge in [-0.3, -0.25) is 4.79 Å². The van der Waals surface area contributed by atoms with Crippen molar-refractivity contribution in [2.45, 2.75) is 268 Å². The van der Waals surface area contributed by atoms with Gasteiger partial charge in [-0.05, 0) is 38.5 Å². The van der Waals surface area contributed by atoms with E-state index in [4.69, 9.17) is 9.47 Å². The highest BCUT2D eigenvalue weighted by atomic mass is 16.7. The van der Waals surface area contributed by atoms with Gasteiger partial charge in [0.1, 0.15) is 30.5 Å². The van der Waals surface area contributed by atoms with Crippen molar-refractivity contribution < 1.29 is 44.9 Å². The summed E-state index contributed by atoms with van der Waals surface area (Å²) in [6.07, 6.45) is 32.5. The van der Waals surface area contributed by atoms with Crippen LogP contribution in [0.25, 0.3) is 0 Å². The summed E-state index contributed by atoms with van der Waals surface area (Å²) in [5.41, 5.74) is 0. The molecule has 0 aromatic rings. The molecular formula is C47H91NO9. The molecule has 1 heterocycles. The van der Waals surface area contributed by atoms with E-state index in [2.05, 4.69) is 31.3 Å². The van der Waals surface area contributed by atoms with E-state index in [-0.39, 0.29) is 6.61 Å². The van der Waals surface area contributed by atoms with E-state index in [1.54, 1.807) is 0 Å². The Balaban J connectivity index is 2.38. The molecule has 1 amide bonds. The molecule has 0 bridgehead atoms. The lowest BCUT2D eigenvalue weighted by molar-refractivity contribution is -0.302. The van der Waals surface area contributed by atoms with Crippen LogP contribution in [0.15, 0.2) is 12.2 Å². The molecule has 1 aliphatic heterocycles. The minimum atomic E-state index is -1.60. The van der Waals surface area contributed by atoms with Crippen LogP contribution in [0.5, 0.6) is 0 Å². The first-order valence-corrected chi connectivity index (χ1v) is 24.0. The average Bonchev–Trinajstić information content (AvgIpc) is 3.21. The highest BCUT2D eigenvalue weighted by Crippen LogP contribution is 2.23. The Morgan fingerprint density at radius 1 is 0.579 bits per heavy atom. The zero-order chi connectivity index (χ0) is 41.8. The van der Waals surface area contributed by atoms with Crippen molar-refractivity contribution in [2.24, 2.45) is 0 Å². The SMILES string of the molecule is CCCCCCCC/C=C\CCCCCCCCC(O)C(=O)NC(COC1OC(CO)C(O)C(O)C1O)C(O)CCCCCCCCCCCCCCCCCC. The first-order valence-electron chi connectivity index (χ1n) is 24.0. The van der Waals surface area contributed by atoms with Crippen LogP contribution in [-0.2, 0) is 14.3 Å². The number of rotatable bonds is 40. The second-order valence-corrected chi connectivity index (χ2v) is 17.0. The molecule has 0 radical (unpaired) electrons. The smallest absolute Gasteiger partial charge is 0.249 e. The largest absolute Gasteiger partial charge is 0.394 e. The van der Waals surface area contributed by atoms with E-state index in [0.717, 1.165) is 57.8 Å². The van der Waals surface area contributed by atoms with Crippen molar-refractivity contribution in [3.63, 3.8) is 0 Å². The van der Waals surface area contributed by atoms with E-state index in [1.165, 1.54) is 135 Å². The monoisotopic (exact) mass is 814 g/mol. The molecule has 7 N–H and O–H groups in total. The van der Waals surface area contributed by atoms with Gasteiger partial charge >= 0.3 is 0 Å². The lowest BCUT2D eigenvalue weighted by Gasteiger charge is -2.40. The van der Waals surface area contributed by atoms with Crippen LogP contribution in [0, 0.1) is 0 Å². The number of carbonyl (C=O) groups excluding carboxylic acids is 1. The Morgan fingerprint density at radius 3 is 1.42 bits per heavy atom. The second kappa shape index (κ2) is 37.9. The molecule has 338 valence electrons. The van der Waals surface area contributed by atoms with E-state index in [1.807, 2.05) is 0 Å². The molecule has 1 aliphatic rings. The summed E-state index contributed by atoms with van der Waals surface area (Å²) in [7, 11) is 0. The molecule has 0 spiro atoms. The fraction of sp³-hybridized carbons (Fsp3) is 0.936. The van der Waals surface area contributed by atoms with Crippen LogP contribution < -0.4 is 5.32 Å². The summed E-state index contributed by atoms with van der Waals surface area (Å²) in [5, 5.41) is 64.9. The van der Waals surface area contributed by atoms with Crippen LogP contribution in [0.3, 0.4) is 0 Å². The van der Waals surface area contributed by atoms with Crippen molar-refractivity contribution in [1.29, 1.82) is 0 Å². The molecule has 0 aromatic carbocycles. The number of hydrogen-bond acceptors (Lipinski definition) is 9. The Hall–Kier alpha value is -1.11. The fourth-order valence-electron chi connectivity index (χ4n) is 7.75. The van der Waals surface area contributed by atoms with Gasteiger partial charge in [-0.1, -0.05) is 193 Å². The van der Waals surface area contributed by atoms with Gasteiger partial charge in [0.05, 0.1) is 25.4 Å². The predicted molar refractivity (Wildman–Crippen MR) is 232 cm³/mol. The molecule has 10 heteroatoms. The minimum absolute atomic E-state index is 0.255. The van der Waals surface area contributed by atoms with Gasteiger partial charge < -0.3 is 45.4 Å². The third-order valence-corrected chi connectivity index (χ3v) is 11.7. The topological polar surface area (TPSA) is 169 Å². The molecular weight excluding hydrogens is 723 g/mol. The van der Waals surface area contributed by atoms with Gasteiger partial charge in [0, 0.05) is 0 Å². The van der Waals surface area contributed by atoms with Gasteiger partial charge in [-0.25, -0.2) is 0 Å². The van der Waals surface area contributed by atoms with Crippen molar-refractivity contribution >= 4 is 5.91 Å². The Morgan fingerprint density at radius 2 is 0.982 bits per heavy atom. The predicted octanol–water partition coefficient (Wildman–Crippen LogP) is 9.09. The molecule has 0 aromatic heterocycles. The lowest BCUT2D eigenvalue weighted by atomic mass is 9.99. The summed E-state index contributed by atoms with van der Waals surface area (Å²) >= 11 is 0. The molecule has 57 heavy (non-hydrogen) atoms. The zero-order valence-corrected chi connectivity index (χ0v) is 36.7. The van der Waals surface area contributed by atoms with Gasteiger partial charge in [0.2, 0.25) is 5.91 Å². The van der Waals surface area contributed by atoms with E-state index in [0.29, 0.717) is 12.8 Å². The molecule has 1 rings (SSSR count). The molecule has 8 unspecified atom stereocenters. The van der Waals surface area contributed by atoms with Crippen LogP contribution in [0.2, 0.25) is 0 Å². The first kappa shape index (κ1) is 53.9. The molecule has 0 saturated carbocycles. The summed E-state index contributed by atoms with van der Waals surface area (Å²) in [4.78, 5) is 13.1. The molecule has 0 aliphatic carbocycles. The summed E-state index contributed by atoms with van der Waals surface area (Å²) in [5.74, 6) is -0.587. The standard InChI is InChI=1S/C47H91NO9/c1-3-5-7-9-11-13-15-17-19-21-23-25-27-29-31-33-35-40(50)39(38-56-47-45(54)44(53)43(52)42(37-49)57-47)48-46(55)41(51)36-34-32-30-28-26-24-22-20-18-16-14-12-10-8-6-4-2/h18,20,39-45,47,49-54H,3-17,19,21-38H2,1-2H3,(H,48,55)/b20-18-. The van der Waals surface area contributed by atoms with Crippen molar-refractivity contribution in [1.82, 2.24) is 5.32 Å². The number of ether oxygens (including phenoxy) is 2. The maximum absolute atomic E-state index is 13.1. The number of unbranched alkanes of at least 4 members (excludes halogenated alkanes) is 27. The average molecular weight is 814 g/mol. The van der Waals surface area contributed by atoms with Gasteiger partial charge in [-0.15, -0.1) is 0 Å². The van der Waals surface area contributed by atoms with Crippen LogP contribution in [0.4, 0.5) is 0 Å². The maximum atomic E-state index is 13.1. The highest BCUT2D eigenvalue weighted by molar-refractivity contribution is 5.80. The minimum Gasteiger partial charge on any atom is -0.394 e. The number of aliphatic hydroxyl groups is 6. The Bertz CT molecular complexity index is 921. The summed E-state index contributed by atoms with van der Waals surface area (Å²) in [6.45, 7) is 3.67. The molecule has 8 atom stereocenters. The van der Waals surface area contributed by atoms with Crippen LogP contribution in [0.1, 0.15) is 219 Å². The highest BCUT2D eigenvalue weighted by Gasteiger charge is 2.44. The Labute approximate surface area is 349 Å². The quantitative estimate of drug-likeness (QED) is 0.0236. The van der Waals surface area contributed by atoms with Gasteiger partial charge in [-0.2, -0.15) is 0 Å². The van der Waals surface area contributed by atoms with Gasteiger partial charge in [0.25, 0.3) is 0 Å². The third kappa shape index (κ3) is 28.1. The normalized spacial score (nSPS) is 21.6. The van der Waals surface area contributed by atoms with E-state index in [9.17, 15) is 35.4 Å². The van der Waals surface area contributed by atoms with E-state index >= 15 is 0 Å². The summed E-state index contributed by atoms with van der Waals surface area (Å²) < 4.78 is 11.2. The molecule has 1 fully saturated rings. The van der Waals surface area contributed by atoms with Crippen molar-refractivity contribution in [3.05, 3.63) is 12.2 Å². The number of amides is 1. The number of nitrogens with one attached hydrogen (secondary N) is 1. The van der Waals surface area contributed by atoms with Crippen LogP contribution in [-0.4, -0.2) is 98.7 Å². The molecule has 1 saturated heterocycles. The van der Waals surface area contributed by atoms with Crippen molar-refractivity contribution in [3.8, 4) is 0 Å². The second-order valence-electron chi connectivity index (χ2n) is 17.0. The Kier molecular flexibility index (Phi) is 35.8. The molecule has 10 nitrogen and oxygen atoms in total. The number of hydrogen-bond donors (Lipinski definition) is 7. The number of carbonyl (C=O) groups is 1. The zero-order valence-electron chi connectivity index (χ0n) is 36.7. The lowest BCUT2D eigenvalue weighted by Crippen LogP contribution is -2.60. The van der Waals surface area contributed by atoms with Gasteiger partial charge in [0.15, 0.2) is 6.29 Å². The maximum Gasteiger partial charge on any atom is 0.249 e.